The van der Waals surface area contributed by atoms with Crippen LogP contribution in [0.25, 0.3) is 0 Å². The Hall–Kier alpha value is -2.18. The topological polar surface area (TPSA) is 75.3 Å². The van der Waals surface area contributed by atoms with Crippen LogP contribution in [0.5, 0.6) is 0 Å². The van der Waals surface area contributed by atoms with Gasteiger partial charge in [-0.2, -0.15) is 0 Å². The predicted octanol–water partition coefficient (Wildman–Crippen LogP) is 3.18. The van der Waals surface area contributed by atoms with E-state index in [-0.39, 0.29) is 16.8 Å². The quantitative estimate of drug-likeness (QED) is 0.865. The molecule has 1 aliphatic rings. The van der Waals surface area contributed by atoms with Crippen LogP contribution in [0.4, 0.5) is 0 Å². The minimum absolute atomic E-state index is 0.00432. The van der Waals surface area contributed by atoms with Crippen molar-refractivity contribution in [1.29, 1.82) is 0 Å². The molecule has 0 radical (unpaired) electrons. The van der Waals surface area contributed by atoms with E-state index in [1.54, 1.807) is 32.9 Å². The second-order valence-electron chi connectivity index (χ2n) is 7.64. The third kappa shape index (κ3) is 4.14. The molecule has 3 rings (SSSR count). The molecule has 1 unspecified atom stereocenters. The normalized spacial score (nSPS) is 17.0. The molecule has 5 nitrogen and oxygen atoms in total. The Kier molecular flexibility index (Phi) is 4.90. The lowest BCUT2D eigenvalue weighted by molar-refractivity contribution is 0.0936. The van der Waals surface area contributed by atoms with E-state index in [9.17, 15) is 13.2 Å². The summed E-state index contributed by atoms with van der Waals surface area (Å²) in [6, 6.07) is 14.1. The molecule has 0 aromatic heterocycles. The Bertz CT molecular complexity index is 913. The average Bonchev–Trinajstić information content (AvgIpc) is 2.96. The van der Waals surface area contributed by atoms with Crippen LogP contribution in [0.1, 0.15) is 54.7 Å². The molecule has 1 amide bonds. The number of aryl methyl sites for hydroxylation is 1. The summed E-state index contributed by atoms with van der Waals surface area (Å²) < 4.78 is 27.3. The highest BCUT2D eigenvalue weighted by Crippen LogP contribution is 2.30. The lowest BCUT2D eigenvalue weighted by Gasteiger charge is -2.20. The van der Waals surface area contributed by atoms with Crippen LogP contribution >= 0.6 is 0 Å². The molecular weight excluding hydrogens is 348 g/mol. The summed E-state index contributed by atoms with van der Waals surface area (Å²) in [7, 11) is -3.60. The maximum Gasteiger partial charge on any atom is 0.251 e. The summed E-state index contributed by atoms with van der Waals surface area (Å²) in [5, 5.41) is 3.04. The average molecular weight is 372 g/mol. The summed E-state index contributed by atoms with van der Waals surface area (Å²) in [5.74, 6) is -0.195. The molecule has 6 heteroatoms. The van der Waals surface area contributed by atoms with Crippen molar-refractivity contribution in [2.24, 2.45) is 0 Å². The molecule has 0 spiro atoms. The van der Waals surface area contributed by atoms with Crippen LogP contribution in [0, 0.1) is 0 Å². The summed E-state index contributed by atoms with van der Waals surface area (Å²) >= 11 is 0. The zero-order valence-corrected chi connectivity index (χ0v) is 16.1. The second-order valence-corrected chi connectivity index (χ2v) is 9.33. The number of carbonyl (C=O) groups is 1. The Morgan fingerprint density at radius 2 is 1.69 bits per heavy atom. The van der Waals surface area contributed by atoms with Crippen molar-refractivity contribution >= 4 is 15.9 Å². The lowest BCUT2D eigenvalue weighted by atomic mass is 10.1. The van der Waals surface area contributed by atoms with Gasteiger partial charge in [0, 0.05) is 11.1 Å². The van der Waals surface area contributed by atoms with Crippen molar-refractivity contribution < 1.29 is 13.2 Å². The molecule has 2 aromatic rings. The van der Waals surface area contributed by atoms with Gasteiger partial charge in [-0.3, -0.25) is 4.79 Å². The molecule has 0 aliphatic heterocycles. The van der Waals surface area contributed by atoms with Gasteiger partial charge in [-0.15, -0.1) is 0 Å². The first-order chi connectivity index (χ1) is 12.2. The molecule has 2 N–H and O–H groups in total. The van der Waals surface area contributed by atoms with Crippen molar-refractivity contribution in [3.63, 3.8) is 0 Å². The van der Waals surface area contributed by atoms with E-state index in [2.05, 4.69) is 16.1 Å². The fraction of sp³-hybridized carbons (Fsp3) is 0.350. The molecule has 1 atom stereocenters. The first kappa shape index (κ1) is 18.6. The van der Waals surface area contributed by atoms with E-state index >= 15 is 0 Å². The third-order valence-electron chi connectivity index (χ3n) is 4.31. The molecule has 0 saturated carbocycles. The van der Waals surface area contributed by atoms with Gasteiger partial charge in [-0.05, 0) is 69.0 Å². The van der Waals surface area contributed by atoms with Crippen molar-refractivity contribution in [3.8, 4) is 0 Å². The van der Waals surface area contributed by atoms with Crippen LogP contribution in [0.3, 0.4) is 0 Å². The minimum Gasteiger partial charge on any atom is -0.345 e. The number of carbonyl (C=O) groups excluding carboxylic acids is 1. The number of nitrogens with one attached hydrogen (secondary N) is 2. The van der Waals surface area contributed by atoms with Gasteiger partial charge in [0.15, 0.2) is 0 Å². The SMILES string of the molecule is CC(C)(C)NS(=O)(=O)c1ccc(C(=O)NC2CCc3ccccc32)cc1. The van der Waals surface area contributed by atoms with E-state index in [1.165, 1.54) is 17.7 Å². The second kappa shape index (κ2) is 6.85. The Morgan fingerprint density at radius 3 is 2.35 bits per heavy atom. The molecule has 1 aliphatic carbocycles. The van der Waals surface area contributed by atoms with Crippen LogP contribution in [0.2, 0.25) is 0 Å². The summed E-state index contributed by atoms with van der Waals surface area (Å²) in [4.78, 5) is 12.7. The van der Waals surface area contributed by atoms with Gasteiger partial charge in [-0.25, -0.2) is 13.1 Å². The van der Waals surface area contributed by atoms with Gasteiger partial charge < -0.3 is 5.32 Å². The molecule has 0 heterocycles. The Labute approximate surface area is 154 Å². The molecule has 0 bridgehead atoms. The standard InChI is InChI=1S/C20H24N2O3S/c1-20(2,3)22-26(24,25)16-11-8-15(9-12-16)19(23)21-18-13-10-14-6-4-5-7-17(14)18/h4-9,11-12,18,22H,10,13H2,1-3H3,(H,21,23). The number of fused-ring (bicyclic) bond motifs is 1. The van der Waals surface area contributed by atoms with Crippen LogP contribution < -0.4 is 10.0 Å². The fourth-order valence-electron chi connectivity index (χ4n) is 3.20. The molecule has 138 valence electrons. The maximum atomic E-state index is 12.5. The molecule has 2 aromatic carbocycles. The van der Waals surface area contributed by atoms with E-state index in [1.807, 2.05) is 18.2 Å². The zero-order valence-electron chi connectivity index (χ0n) is 15.2. The highest BCUT2D eigenvalue weighted by molar-refractivity contribution is 7.89. The summed E-state index contributed by atoms with van der Waals surface area (Å²) in [6.07, 6.45) is 1.84. The highest BCUT2D eigenvalue weighted by atomic mass is 32.2. The van der Waals surface area contributed by atoms with Gasteiger partial charge >= 0.3 is 0 Å². The molecule has 26 heavy (non-hydrogen) atoms. The highest BCUT2D eigenvalue weighted by Gasteiger charge is 2.25. The van der Waals surface area contributed by atoms with E-state index in [0.29, 0.717) is 5.56 Å². The number of benzene rings is 2. The summed E-state index contributed by atoms with van der Waals surface area (Å²) in [6.45, 7) is 5.35. The number of hydrogen-bond acceptors (Lipinski definition) is 3. The summed E-state index contributed by atoms with van der Waals surface area (Å²) in [5.41, 5.74) is 2.32. The van der Waals surface area contributed by atoms with Crippen molar-refractivity contribution in [1.82, 2.24) is 10.0 Å². The Morgan fingerprint density at radius 1 is 1.04 bits per heavy atom. The van der Waals surface area contributed by atoms with Crippen LogP contribution in [0.15, 0.2) is 53.4 Å². The van der Waals surface area contributed by atoms with Crippen molar-refractivity contribution in [2.75, 3.05) is 0 Å². The number of amides is 1. The van der Waals surface area contributed by atoms with Crippen LogP contribution in [-0.4, -0.2) is 19.9 Å². The largest absolute Gasteiger partial charge is 0.345 e. The molecular formula is C20H24N2O3S. The van der Waals surface area contributed by atoms with Crippen molar-refractivity contribution in [2.45, 2.75) is 50.1 Å². The monoisotopic (exact) mass is 372 g/mol. The molecule has 0 saturated heterocycles. The van der Waals surface area contributed by atoms with Gasteiger partial charge in [0.05, 0.1) is 10.9 Å². The first-order valence-electron chi connectivity index (χ1n) is 8.68. The third-order valence-corrected chi connectivity index (χ3v) is 6.08. The van der Waals surface area contributed by atoms with Gasteiger partial charge in [0.25, 0.3) is 5.91 Å². The van der Waals surface area contributed by atoms with Gasteiger partial charge in [0.1, 0.15) is 0 Å². The number of sulfonamides is 1. The number of rotatable bonds is 4. The fourth-order valence-corrected chi connectivity index (χ4v) is 4.61. The lowest BCUT2D eigenvalue weighted by Crippen LogP contribution is -2.40. The van der Waals surface area contributed by atoms with E-state index in [4.69, 9.17) is 0 Å². The first-order valence-corrected chi connectivity index (χ1v) is 10.2. The van der Waals surface area contributed by atoms with Crippen molar-refractivity contribution in [3.05, 3.63) is 65.2 Å². The zero-order chi connectivity index (χ0) is 18.9. The smallest absolute Gasteiger partial charge is 0.251 e. The van der Waals surface area contributed by atoms with Crippen LogP contribution in [-0.2, 0) is 16.4 Å². The van der Waals surface area contributed by atoms with E-state index in [0.717, 1.165) is 18.4 Å². The molecule has 0 fully saturated rings. The van der Waals surface area contributed by atoms with Gasteiger partial charge in [-0.1, -0.05) is 24.3 Å². The predicted molar refractivity (Wildman–Crippen MR) is 101 cm³/mol. The van der Waals surface area contributed by atoms with E-state index < -0.39 is 15.6 Å². The minimum atomic E-state index is -3.60. The number of hydrogen-bond donors (Lipinski definition) is 2. The van der Waals surface area contributed by atoms with Gasteiger partial charge in [0.2, 0.25) is 10.0 Å². The Balaban J connectivity index is 1.72. The maximum absolute atomic E-state index is 12.5.